The average molecular weight is 518 g/mol. The van der Waals surface area contributed by atoms with Crippen molar-refractivity contribution in [3.63, 3.8) is 0 Å². The van der Waals surface area contributed by atoms with Gasteiger partial charge in [-0.1, -0.05) is 12.1 Å². The third-order valence-corrected chi connectivity index (χ3v) is 4.60. The molecular formula is C21H35IN4O3. The van der Waals surface area contributed by atoms with Crippen molar-refractivity contribution in [1.29, 1.82) is 0 Å². The highest BCUT2D eigenvalue weighted by atomic mass is 127. The number of halogens is 1. The lowest BCUT2D eigenvalue weighted by atomic mass is 10.1. The lowest BCUT2D eigenvalue weighted by Crippen LogP contribution is -2.39. The molecule has 2 rings (SSSR count). The number of amides is 1. The molecule has 29 heavy (non-hydrogen) atoms. The molecule has 0 aliphatic carbocycles. The SMILES string of the molecule is CN=C(NCCCOCC1CCCO1)NCCc1cccc(C(=O)N(C)C)c1.I. The predicted molar refractivity (Wildman–Crippen MR) is 127 cm³/mol. The zero-order valence-corrected chi connectivity index (χ0v) is 20.1. The largest absolute Gasteiger partial charge is 0.379 e. The average Bonchev–Trinajstić information content (AvgIpc) is 3.22. The molecule has 8 heteroatoms. The minimum atomic E-state index is 0. The summed E-state index contributed by atoms with van der Waals surface area (Å²) in [5, 5.41) is 6.60. The van der Waals surface area contributed by atoms with Crippen LogP contribution in [0.25, 0.3) is 0 Å². The Morgan fingerprint density at radius 1 is 1.31 bits per heavy atom. The molecule has 0 radical (unpaired) electrons. The number of benzene rings is 1. The van der Waals surface area contributed by atoms with Crippen LogP contribution >= 0.6 is 24.0 Å². The summed E-state index contributed by atoms with van der Waals surface area (Å²) in [6.07, 6.45) is 4.28. The summed E-state index contributed by atoms with van der Waals surface area (Å²) in [6, 6.07) is 7.76. The van der Waals surface area contributed by atoms with Crippen molar-refractivity contribution in [3.8, 4) is 0 Å². The summed E-state index contributed by atoms with van der Waals surface area (Å²) in [7, 11) is 5.29. The monoisotopic (exact) mass is 518 g/mol. The first-order chi connectivity index (χ1) is 13.6. The van der Waals surface area contributed by atoms with Gasteiger partial charge >= 0.3 is 0 Å². The Kier molecular flexibility index (Phi) is 12.9. The van der Waals surface area contributed by atoms with Crippen LogP contribution in [0.3, 0.4) is 0 Å². The number of nitrogens with one attached hydrogen (secondary N) is 2. The van der Waals surface area contributed by atoms with Gasteiger partial charge in [0.25, 0.3) is 5.91 Å². The van der Waals surface area contributed by atoms with Crippen LogP contribution in [0.2, 0.25) is 0 Å². The van der Waals surface area contributed by atoms with Crippen molar-refractivity contribution < 1.29 is 14.3 Å². The fraction of sp³-hybridized carbons (Fsp3) is 0.619. The molecular weight excluding hydrogens is 483 g/mol. The van der Waals surface area contributed by atoms with Crippen LogP contribution in [0.15, 0.2) is 29.3 Å². The molecule has 1 saturated heterocycles. The van der Waals surface area contributed by atoms with E-state index in [2.05, 4.69) is 15.6 Å². The van der Waals surface area contributed by atoms with Crippen LogP contribution in [-0.4, -0.2) is 76.9 Å². The molecule has 0 bridgehead atoms. The van der Waals surface area contributed by atoms with Gasteiger partial charge in [-0.25, -0.2) is 0 Å². The molecule has 1 heterocycles. The molecule has 1 fully saturated rings. The van der Waals surface area contributed by atoms with Crippen molar-refractivity contribution in [2.75, 3.05) is 54.1 Å². The smallest absolute Gasteiger partial charge is 0.253 e. The highest BCUT2D eigenvalue weighted by Crippen LogP contribution is 2.11. The number of rotatable bonds is 10. The van der Waals surface area contributed by atoms with Gasteiger partial charge in [0.2, 0.25) is 0 Å². The standard InChI is InChI=1S/C21H34N4O3.HI/c1-22-21(23-11-6-13-27-16-19-9-5-14-28-19)24-12-10-17-7-4-8-18(15-17)20(26)25(2)3;/h4,7-8,15,19H,5-6,9-14,16H2,1-3H3,(H2,22,23,24);1H. The maximum absolute atomic E-state index is 12.1. The summed E-state index contributed by atoms with van der Waals surface area (Å²) in [6.45, 7) is 3.83. The van der Waals surface area contributed by atoms with E-state index in [9.17, 15) is 4.79 Å². The van der Waals surface area contributed by atoms with Crippen LogP contribution in [0, 0.1) is 0 Å². The Hall–Kier alpha value is -1.39. The first-order valence-corrected chi connectivity index (χ1v) is 10.0. The van der Waals surface area contributed by atoms with E-state index in [4.69, 9.17) is 9.47 Å². The van der Waals surface area contributed by atoms with E-state index < -0.39 is 0 Å². The van der Waals surface area contributed by atoms with Crippen LogP contribution in [0.4, 0.5) is 0 Å². The van der Waals surface area contributed by atoms with Gasteiger partial charge in [-0.15, -0.1) is 24.0 Å². The van der Waals surface area contributed by atoms with Crippen molar-refractivity contribution in [2.45, 2.75) is 31.8 Å². The van der Waals surface area contributed by atoms with Gasteiger partial charge in [0.1, 0.15) is 0 Å². The number of ether oxygens (including phenoxy) is 2. The summed E-state index contributed by atoms with van der Waals surface area (Å²) in [5.41, 5.74) is 1.84. The highest BCUT2D eigenvalue weighted by molar-refractivity contribution is 14.0. The predicted octanol–water partition coefficient (Wildman–Crippen LogP) is 2.30. The Bertz CT molecular complexity index is 634. The quantitative estimate of drug-likeness (QED) is 0.215. The van der Waals surface area contributed by atoms with Gasteiger partial charge in [0, 0.05) is 53.0 Å². The summed E-state index contributed by atoms with van der Waals surface area (Å²) >= 11 is 0. The van der Waals surface area contributed by atoms with Crippen LogP contribution in [0.1, 0.15) is 35.2 Å². The highest BCUT2D eigenvalue weighted by Gasteiger charge is 2.14. The van der Waals surface area contributed by atoms with Gasteiger partial charge < -0.3 is 25.0 Å². The Morgan fingerprint density at radius 3 is 2.79 bits per heavy atom. The number of hydrogen-bond donors (Lipinski definition) is 2. The van der Waals surface area contributed by atoms with E-state index in [0.29, 0.717) is 12.2 Å². The second kappa shape index (κ2) is 14.6. The van der Waals surface area contributed by atoms with Crippen molar-refractivity contribution in [1.82, 2.24) is 15.5 Å². The first kappa shape index (κ1) is 25.6. The van der Waals surface area contributed by atoms with E-state index in [1.54, 1.807) is 26.0 Å². The molecule has 1 aliphatic heterocycles. The van der Waals surface area contributed by atoms with Crippen molar-refractivity contribution in [2.24, 2.45) is 4.99 Å². The maximum Gasteiger partial charge on any atom is 0.253 e. The van der Waals surface area contributed by atoms with Gasteiger partial charge in [-0.3, -0.25) is 9.79 Å². The number of nitrogens with zero attached hydrogens (tertiary/aromatic N) is 2. The zero-order valence-electron chi connectivity index (χ0n) is 17.8. The van der Waals surface area contributed by atoms with Crippen LogP contribution < -0.4 is 10.6 Å². The van der Waals surface area contributed by atoms with E-state index in [1.807, 2.05) is 24.3 Å². The number of aliphatic imine (C=N–C) groups is 1. The fourth-order valence-electron chi connectivity index (χ4n) is 3.04. The number of guanidine groups is 1. The van der Waals surface area contributed by atoms with Gasteiger partial charge in [0.15, 0.2) is 5.96 Å². The van der Waals surface area contributed by atoms with E-state index >= 15 is 0 Å². The number of carbonyl (C=O) groups is 1. The number of hydrogen-bond acceptors (Lipinski definition) is 4. The zero-order chi connectivity index (χ0) is 20.2. The molecule has 0 saturated carbocycles. The molecule has 1 aromatic rings. The van der Waals surface area contributed by atoms with Crippen molar-refractivity contribution >= 4 is 35.8 Å². The molecule has 164 valence electrons. The molecule has 1 aliphatic rings. The number of carbonyl (C=O) groups excluding carboxylic acids is 1. The molecule has 1 atom stereocenters. The topological polar surface area (TPSA) is 75.2 Å². The lowest BCUT2D eigenvalue weighted by molar-refractivity contribution is 0.0168. The van der Waals surface area contributed by atoms with E-state index in [-0.39, 0.29) is 36.0 Å². The molecule has 1 aromatic carbocycles. The molecule has 7 nitrogen and oxygen atoms in total. The minimum Gasteiger partial charge on any atom is -0.379 e. The Labute approximate surface area is 191 Å². The third-order valence-electron chi connectivity index (χ3n) is 4.60. The van der Waals surface area contributed by atoms with E-state index in [0.717, 1.165) is 63.5 Å². The van der Waals surface area contributed by atoms with Gasteiger partial charge in [0.05, 0.1) is 12.7 Å². The second-order valence-electron chi connectivity index (χ2n) is 7.14. The van der Waals surface area contributed by atoms with Gasteiger partial charge in [-0.05, 0) is 43.4 Å². The molecule has 2 N–H and O–H groups in total. The van der Waals surface area contributed by atoms with E-state index in [1.165, 1.54) is 0 Å². The van der Waals surface area contributed by atoms with Crippen molar-refractivity contribution in [3.05, 3.63) is 35.4 Å². The fourth-order valence-corrected chi connectivity index (χ4v) is 3.04. The molecule has 1 unspecified atom stereocenters. The molecule has 0 spiro atoms. The Balaban J connectivity index is 0.00000420. The maximum atomic E-state index is 12.1. The van der Waals surface area contributed by atoms with Crippen LogP contribution in [-0.2, 0) is 15.9 Å². The Morgan fingerprint density at radius 2 is 2.10 bits per heavy atom. The molecule has 1 amide bonds. The summed E-state index contributed by atoms with van der Waals surface area (Å²) in [4.78, 5) is 17.9. The summed E-state index contributed by atoms with van der Waals surface area (Å²) in [5.74, 6) is 0.800. The lowest BCUT2D eigenvalue weighted by Gasteiger charge is -2.14. The minimum absolute atomic E-state index is 0. The molecule has 0 aromatic heterocycles. The third kappa shape index (κ3) is 9.77. The van der Waals surface area contributed by atoms with Gasteiger partial charge in [-0.2, -0.15) is 0 Å². The summed E-state index contributed by atoms with van der Waals surface area (Å²) < 4.78 is 11.2. The second-order valence-corrected chi connectivity index (χ2v) is 7.14. The van der Waals surface area contributed by atoms with Crippen LogP contribution in [0.5, 0.6) is 0 Å². The normalized spacial score (nSPS) is 16.2. The first-order valence-electron chi connectivity index (χ1n) is 10.0.